The first-order valence-corrected chi connectivity index (χ1v) is 6.64. The number of halogens is 1. The molecular formula is C13H20ClN3. The SMILES string of the molecule is Cc1c(Cl)nnc(N(CC(C)C)C2CC2)c1C. The van der Waals surface area contributed by atoms with E-state index in [1.165, 1.54) is 12.8 Å². The summed E-state index contributed by atoms with van der Waals surface area (Å²) in [5.41, 5.74) is 2.21. The zero-order valence-electron chi connectivity index (χ0n) is 11.0. The van der Waals surface area contributed by atoms with Gasteiger partial charge in [-0.3, -0.25) is 0 Å². The highest BCUT2D eigenvalue weighted by atomic mass is 35.5. The van der Waals surface area contributed by atoms with Crippen LogP contribution in [0.1, 0.15) is 37.8 Å². The van der Waals surface area contributed by atoms with Crippen molar-refractivity contribution in [2.75, 3.05) is 11.4 Å². The summed E-state index contributed by atoms with van der Waals surface area (Å²) in [6.07, 6.45) is 2.55. The Morgan fingerprint density at radius 2 is 1.88 bits per heavy atom. The molecule has 1 heterocycles. The minimum absolute atomic E-state index is 0.520. The maximum Gasteiger partial charge on any atom is 0.155 e. The molecule has 1 aromatic heterocycles. The molecule has 0 atom stereocenters. The third-order valence-electron chi connectivity index (χ3n) is 3.26. The maximum atomic E-state index is 6.00. The van der Waals surface area contributed by atoms with Gasteiger partial charge in [-0.05, 0) is 43.7 Å². The lowest BCUT2D eigenvalue weighted by Gasteiger charge is -2.27. The molecule has 1 aliphatic rings. The molecule has 4 heteroatoms. The first kappa shape index (κ1) is 12.6. The highest BCUT2D eigenvalue weighted by Gasteiger charge is 2.31. The van der Waals surface area contributed by atoms with Crippen LogP contribution in [0.3, 0.4) is 0 Å². The van der Waals surface area contributed by atoms with Gasteiger partial charge in [0.05, 0.1) is 0 Å². The highest BCUT2D eigenvalue weighted by molar-refractivity contribution is 6.30. The van der Waals surface area contributed by atoms with Crippen molar-refractivity contribution in [3.8, 4) is 0 Å². The number of hydrogen-bond acceptors (Lipinski definition) is 3. The lowest BCUT2D eigenvalue weighted by Crippen LogP contribution is -2.31. The predicted molar refractivity (Wildman–Crippen MR) is 71.7 cm³/mol. The first-order valence-electron chi connectivity index (χ1n) is 6.26. The van der Waals surface area contributed by atoms with Gasteiger partial charge in [0.2, 0.25) is 0 Å². The molecule has 0 N–H and O–H groups in total. The third-order valence-corrected chi connectivity index (χ3v) is 3.62. The van der Waals surface area contributed by atoms with Gasteiger partial charge in [-0.1, -0.05) is 25.4 Å². The van der Waals surface area contributed by atoms with Crippen molar-refractivity contribution in [2.45, 2.75) is 46.6 Å². The number of hydrogen-bond donors (Lipinski definition) is 0. The second-order valence-corrected chi connectivity index (χ2v) is 5.70. The van der Waals surface area contributed by atoms with Crippen molar-refractivity contribution in [3.63, 3.8) is 0 Å². The molecule has 0 unspecified atom stereocenters. The fourth-order valence-electron chi connectivity index (χ4n) is 2.02. The van der Waals surface area contributed by atoms with E-state index >= 15 is 0 Å². The molecule has 1 aromatic rings. The molecule has 0 saturated heterocycles. The van der Waals surface area contributed by atoms with Crippen LogP contribution in [0.2, 0.25) is 5.15 Å². The average molecular weight is 254 g/mol. The Morgan fingerprint density at radius 1 is 1.24 bits per heavy atom. The topological polar surface area (TPSA) is 29.0 Å². The molecule has 1 fully saturated rings. The summed E-state index contributed by atoms with van der Waals surface area (Å²) < 4.78 is 0. The normalized spacial score (nSPS) is 15.4. The summed E-state index contributed by atoms with van der Waals surface area (Å²) in [6.45, 7) is 9.61. The molecule has 3 nitrogen and oxygen atoms in total. The average Bonchev–Trinajstić information content (AvgIpc) is 3.07. The predicted octanol–water partition coefficient (Wildman–Crippen LogP) is 3.37. The number of rotatable bonds is 4. The number of nitrogens with zero attached hydrogens (tertiary/aromatic N) is 3. The Kier molecular flexibility index (Phi) is 3.57. The van der Waals surface area contributed by atoms with Crippen LogP contribution in [-0.2, 0) is 0 Å². The van der Waals surface area contributed by atoms with Gasteiger partial charge in [0, 0.05) is 12.6 Å². The Balaban J connectivity index is 2.32. The van der Waals surface area contributed by atoms with Gasteiger partial charge < -0.3 is 4.90 Å². The minimum atomic E-state index is 0.520. The van der Waals surface area contributed by atoms with Crippen LogP contribution >= 0.6 is 11.6 Å². The van der Waals surface area contributed by atoms with Crippen LogP contribution in [-0.4, -0.2) is 22.8 Å². The minimum Gasteiger partial charge on any atom is -0.352 e. The van der Waals surface area contributed by atoms with Crippen LogP contribution in [0, 0.1) is 19.8 Å². The summed E-state index contributed by atoms with van der Waals surface area (Å²) in [5, 5.41) is 8.87. The van der Waals surface area contributed by atoms with Gasteiger partial charge in [-0.15, -0.1) is 10.2 Å². The lowest BCUT2D eigenvalue weighted by molar-refractivity contribution is 0.598. The van der Waals surface area contributed by atoms with Gasteiger partial charge in [-0.2, -0.15) is 0 Å². The summed E-state index contributed by atoms with van der Waals surface area (Å²) in [4.78, 5) is 2.40. The number of anilines is 1. The Labute approximate surface area is 108 Å². The zero-order chi connectivity index (χ0) is 12.6. The maximum absolute atomic E-state index is 6.00. The Morgan fingerprint density at radius 3 is 2.41 bits per heavy atom. The van der Waals surface area contributed by atoms with E-state index < -0.39 is 0 Å². The van der Waals surface area contributed by atoms with E-state index in [2.05, 4.69) is 35.9 Å². The van der Waals surface area contributed by atoms with Gasteiger partial charge in [0.15, 0.2) is 11.0 Å². The van der Waals surface area contributed by atoms with Crippen LogP contribution in [0.25, 0.3) is 0 Å². The standard InChI is InChI=1S/C13H20ClN3/c1-8(2)7-17(11-5-6-11)13-10(4)9(3)12(14)15-16-13/h8,11H,5-7H2,1-4H3. The van der Waals surface area contributed by atoms with E-state index in [0.29, 0.717) is 17.1 Å². The first-order chi connectivity index (χ1) is 8.00. The lowest BCUT2D eigenvalue weighted by atomic mass is 10.1. The fourth-order valence-corrected chi connectivity index (χ4v) is 2.20. The van der Waals surface area contributed by atoms with Crippen molar-refractivity contribution in [3.05, 3.63) is 16.3 Å². The van der Waals surface area contributed by atoms with E-state index in [4.69, 9.17) is 11.6 Å². The van der Waals surface area contributed by atoms with E-state index in [0.717, 1.165) is 23.5 Å². The van der Waals surface area contributed by atoms with Crippen molar-refractivity contribution < 1.29 is 0 Å². The van der Waals surface area contributed by atoms with Crippen molar-refractivity contribution in [2.24, 2.45) is 5.92 Å². The molecule has 17 heavy (non-hydrogen) atoms. The molecule has 0 bridgehead atoms. The smallest absolute Gasteiger partial charge is 0.155 e. The van der Waals surface area contributed by atoms with Crippen molar-refractivity contribution in [1.82, 2.24) is 10.2 Å². The molecule has 0 amide bonds. The molecule has 0 aliphatic heterocycles. The molecule has 2 rings (SSSR count). The van der Waals surface area contributed by atoms with Gasteiger partial charge in [-0.25, -0.2) is 0 Å². The third kappa shape index (κ3) is 2.71. The molecular weight excluding hydrogens is 234 g/mol. The van der Waals surface area contributed by atoms with E-state index in [1.807, 2.05) is 6.92 Å². The van der Waals surface area contributed by atoms with Gasteiger partial charge >= 0.3 is 0 Å². The highest BCUT2D eigenvalue weighted by Crippen LogP contribution is 2.34. The zero-order valence-corrected chi connectivity index (χ0v) is 11.8. The Bertz CT molecular complexity index is 413. The fraction of sp³-hybridized carbons (Fsp3) is 0.692. The molecule has 94 valence electrons. The van der Waals surface area contributed by atoms with Crippen molar-refractivity contribution >= 4 is 17.4 Å². The molecule has 1 saturated carbocycles. The monoisotopic (exact) mass is 253 g/mol. The largest absolute Gasteiger partial charge is 0.352 e. The molecule has 0 spiro atoms. The van der Waals surface area contributed by atoms with E-state index in [-0.39, 0.29) is 0 Å². The summed E-state index contributed by atoms with van der Waals surface area (Å²) in [7, 11) is 0. The summed E-state index contributed by atoms with van der Waals surface area (Å²) in [5.74, 6) is 1.65. The van der Waals surface area contributed by atoms with Crippen LogP contribution in [0.5, 0.6) is 0 Å². The van der Waals surface area contributed by atoms with Crippen molar-refractivity contribution in [1.29, 1.82) is 0 Å². The molecule has 1 aliphatic carbocycles. The molecule has 0 radical (unpaired) electrons. The van der Waals surface area contributed by atoms with Gasteiger partial charge in [0.1, 0.15) is 0 Å². The van der Waals surface area contributed by atoms with E-state index in [1.54, 1.807) is 0 Å². The van der Waals surface area contributed by atoms with Gasteiger partial charge in [0.25, 0.3) is 0 Å². The second kappa shape index (κ2) is 4.81. The Hall–Kier alpha value is -0.830. The number of aromatic nitrogens is 2. The van der Waals surface area contributed by atoms with Crippen LogP contribution < -0.4 is 4.90 Å². The second-order valence-electron chi connectivity index (χ2n) is 5.34. The molecule has 0 aromatic carbocycles. The summed E-state index contributed by atoms with van der Waals surface area (Å²) in [6, 6.07) is 0.658. The van der Waals surface area contributed by atoms with E-state index in [9.17, 15) is 0 Å². The summed E-state index contributed by atoms with van der Waals surface area (Å²) >= 11 is 6.00. The van der Waals surface area contributed by atoms with Crippen LogP contribution in [0.15, 0.2) is 0 Å². The quantitative estimate of drug-likeness (QED) is 0.824. The van der Waals surface area contributed by atoms with Crippen LogP contribution in [0.4, 0.5) is 5.82 Å².